The number of aryl methyl sites for hydroxylation is 1. The van der Waals surface area contributed by atoms with Crippen molar-refractivity contribution in [3.05, 3.63) is 65.2 Å². The van der Waals surface area contributed by atoms with E-state index in [2.05, 4.69) is 16.7 Å². The highest BCUT2D eigenvalue weighted by Crippen LogP contribution is 2.30. The SMILES string of the molecule is CNCC(=O)NC(c1ccccc1)c1ccc2c(c1)CCCO2.Cl. The number of carbonyl (C=O) groups excluding carboxylic acids is 1. The van der Waals surface area contributed by atoms with Crippen molar-refractivity contribution in [1.82, 2.24) is 10.6 Å². The zero-order valence-corrected chi connectivity index (χ0v) is 14.6. The van der Waals surface area contributed by atoms with Gasteiger partial charge in [0.2, 0.25) is 5.91 Å². The second kappa shape index (κ2) is 8.71. The Morgan fingerprint density at radius 1 is 1.17 bits per heavy atom. The lowest BCUT2D eigenvalue weighted by Gasteiger charge is -2.23. The van der Waals surface area contributed by atoms with E-state index in [0.29, 0.717) is 6.54 Å². The summed E-state index contributed by atoms with van der Waals surface area (Å²) in [6, 6.07) is 16.1. The smallest absolute Gasteiger partial charge is 0.234 e. The van der Waals surface area contributed by atoms with Gasteiger partial charge in [0.15, 0.2) is 0 Å². The lowest BCUT2D eigenvalue weighted by molar-refractivity contribution is -0.120. The Bertz CT molecular complexity index is 676. The van der Waals surface area contributed by atoms with Gasteiger partial charge in [-0.1, -0.05) is 36.4 Å². The van der Waals surface area contributed by atoms with Gasteiger partial charge in [0.1, 0.15) is 5.75 Å². The van der Waals surface area contributed by atoms with Crippen LogP contribution in [0.4, 0.5) is 0 Å². The molecule has 0 fully saturated rings. The fourth-order valence-corrected chi connectivity index (χ4v) is 2.94. The number of halogens is 1. The second-order valence-corrected chi connectivity index (χ2v) is 5.76. The molecule has 0 radical (unpaired) electrons. The first-order chi connectivity index (χ1) is 11.3. The van der Waals surface area contributed by atoms with Crippen molar-refractivity contribution >= 4 is 18.3 Å². The Labute approximate surface area is 149 Å². The van der Waals surface area contributed by atoms with Crippen LogP contribution in [0.15, 0.2) is 48.5 Å². The number of likely N-dealkylation sites (N-methyl/N-ethyl adjacent to an activating group) is 1. The van der Waals surface area contributed by atoms with Crippen molar-refractivity contribution in [3.8, 4) is 5.75 Å². The van der Waals surface area contributed by atoms with Gasteiger partial charge in [-0.25, -0.2) is 0 Å². The van der Waals surface area contributed by atoms with E-state index in [1.165, 1.54) is 5.56 Å². The molecule has 0 bridgehead atoms. The molecule has 24 heavy (non-hydrogen) atoms. The molecule has 1 heterocycles. The van der Waals surface area contributed by atoms with Crippen LogP contribution in [0.25, 0.3) is 0 Å². The lowest BCUT2D eigenvalue weighted by atomic mass is 9.95. The number of hydrogen-bond acceptors (Lipinski definition) is 3. The number of fused-ring (bicyclic) bond motifs is 1. The van der Waals surface area contributed by atoms with Crippen molar-refractivity contribution in [2.75, 3.05) is 20.2 Å². The maximum atomic E-state index is 12.1. The van der Waals surface area contributed by atoms with Crippen LogP contribution >= 0.6 is 12.4 Å². The minimum Gasteiger partial charge on any atom is -0.493 e. The van der Waals surface area contributed by atoms with Gasteiger partial charge >= 0.3 is 0 Å². The van der Waals surface area contributed by atoms with Gasteiger partial charge < -0.3 is 15.4 Å². The van der Waals surface area contributed by atoms with E-state index < -0.39 is 0 Å². The molecule has 1 atom stereocenters. The fourth-order valence-electron chi connectivity index (χ4n) is 2.94. The van der Waals surface area contributed by atoms with Gasteiger partial charge in [-0.2, -0.15) is 0 Å². The third-order valence-corrected chi connectivity index (χ3v) is 4.04. The summed E-state index contributed by atoms with van der Waals surface area (Å²) in [7, 11) is 1.77. The number of amides is 1. The average molecular weight is 347 g/mol. The van der Waals surface area contributed by atoms with Gasteiger partial charge in [-0.05, 0) is 48.7 Å². The molecule has 2 aromatic rings. The summed E-state index contributed by atoms with van der Waals surface area (Å²) < 4.78 is 5.69. The van der Waals surface area contributed by atoms with Gasteiger partial charge in [0, 0.05) is 0 Å². The van der Waals surface area contributed by atoms with E-state index >= 15 is 0 Å². The average Bonchev–Trinajstić information content (AvgIpc) is 2.60. The maximum Gasteiger partial charge on any atom is 0.234 e. The Morgan fingerprint density at radius 3 is 2.71 bits per heavy atom. The van der Waals surface area contributed by atoms with Crippen LogP contribution in [0.5, 0.6) is 5.75 Å². The number of rotatable bonds is 5. The van der Waals surface area contributed by atoms with Gasteiger partial charge in [0.05, 0.1) is 19.2 Å². The van der Waals surface area contributed by atoms with Crippen molar-refractivity contribution in [1.29, 1.82) is 0 Å². The normalized spacial score (nSPS) is 13.9. The Balaban J connectivity index is 0.00000208. The van der Waals surface area contributed by atoms with Crippen LogP contribution in [-0.2, 0) is 11.2 Å². The Morgan fingerprint density at radius 2 is 1.96 bits per heavy atom. The van der Waals surface area contributed by atoms with E-state index in [9.17, 15) is 4.79 Å². The molecule has 3 rings (SSSR count). The summed E-state index contributed by atoms with van der Waals surface area (Å²) >= 11 is 0. The summed E-state index contributed by atoms with van der Waals surface area (Å²) in [6.45, 7) is 1.09. The number of hydrogen-bond donors (Lipinski definition) is 2. The summed E-state index contributed by atoms with van der Waals surface area (Å²) in [5.41, 5.74) is 3.39. The highest BCUT2D eigenvalue weighted by atomic mass is 35.5. The molecule has 0 saturated carbocycles. The van der Waals surface area contributed by atoms with Crippen LogP contribution in [0, 0.1) is 0 Å². The van der Waals surface area contributed by atoms with Crippen molar-refractivity contribution in [3.63, 3.8) is 0 Å². The van der Waals surface area contributed by atoms with Crippen LogP contribution in [0.2, 0.25) is 0 Å². The van der Waals surface area contributed by atoms with E-state index in [0.717, 1.165) is 36.3 Å². The third kappa shape index (κ3) is 4.28. The number of benzene rings is 2. The van der Waals surface area contributed by atoms with Crippen molar-refractivity contribution in [2.24, 2.45) is 0 Å². The molecular weight excluding hydrogens is 324 g/mol. The van der Waals surface area contributed by atoms with E-state index in [1.54, 1.807) is 7.05 Å². The molecular formula is C19H23ClN2O2. The minimum absolute atomic E-state index is 0. The zero-order valence-electron chi connectivity index (χ0n) is 13.7. The van der Waals surface area contributed by atoms with Crippen LogP contribution in [0.1, 0.15) is 29.2 Å². The van der Waals surface area contributed by atoms with Crippen LogP contribution in [-0.4, -0.2) is 26.1 Å². The van der Waals surface area contributed by atoms with Gasteiger partial charge in [0.25, 0.3) is 0 Å². The standard InChI is InChI=1S/C19H22N2O2.ClH/c1-20-13-18(22)21-19(14-6-3-2-4-7-14)16-9-10-17-15(12-16)8-5-11-23-17;/h2-4,6-7,9-10,12,19-20H,5,8,11,13H2,1H3,(H,21,22);1H. The maximum absolute atomic E-state index is 12.1. The highest BCUT2D eigenvalue weighted by molar-refractivity contribution is 5.85. The van der Waals surface area contributed by atoms with Crippen LogP contribution in [0.3, 0.4) is 0 Å². The van der Waals surface area contributed by atoms with E-state index in [-0.39, 0.29) is 24.4 Å². The predicted molar refractivity (Wildman–Crippen MR) is 97.9 cm³/mol. The number of carbonyl (C=O) groups is 1. The minimum atomic E-state index is -0.149. The topological polar surface area (TPSA) is 50.4 Å². The molecule has 0 aromatic heterocycles. The first-order valence-corrected chi connectivity index (χ1v) is 8.02. The van der Waals surface area contributed by atoms with E-state index in [4.69, 9.17) is 4.74 Å². The first-order valence-electron chi connectivity index (χ1n) is 8.02. The van der Waals surface area contributed by atoms with Gasteiger partial charge in [-0.15, -0.1) is 12.4 Å². The van der Waals surface area contributed by atoms with Crippen LogP contribution < -0.4 is 15.4 Å². The Kier molecular flexibility index (Phi) is 6.64. The monoisotopic (exact) mass is 346 g/mol. The number of nitrogens with one attached hydrogen (secondary N) is 2. The molecule has 2 aromatic carbocycles. The lowest BCUT2D eigenvalue weighted by Crippen LogP contribution is -2.35. The third-order valence-electron chi connectivity index (χ3n) is 4.04. The van der Waals surface area contributed by atoms with E-state index in [1.807, 2.05) is 42.5 Å². The molecule has 0 saturated heterocycles. The first kappa shape index (κ1) is 18.3. The molecule has 0 spiro atoms. The Hall–Kier alpha value is -2.04. The molecule has 128 valence electrons. The quantitative estimate of drug-likeness (QED) is 0.875. The zero-order chi connectivity index (χ0) is 16.1. The summed E-state index contributed by atoms with van der Waals surface area (Å²) in [6.07, 6.45) is 2.06. The second-order valence-electron chi connectivity index (χ2n) is 5.76. The summed E-state index contributed by atoms with van der Waals surface area (Å²) in [5.74, 6) is 0.948. The summed E-state index contributed by atoms with van der Waals surface area (Å²) in [4.78, 5) is 12.1. The molecule has 4 nitrogen and oxygen atoms in total. The fraction of sp³-hybridized carbons (Fsp3) is 0.316. The van der Waals surface area contributed by atoms with Gasteiger partial charge in [-0.3, -0.25) is 4.79 Å². The molecule has 5 heteroatoms. The highest BCUT2D eigenvalue weighted by Gasteiger charge is 2.19. The molecule has 1 amide bonds. The molecule has 1 aliphatic heterocycles. The molecule has 2 N–H and O–H groups in total. The number of ether oxygens (including phenoxy) is 1. The summed E-state index contributed by atoms with van der Waals surface area (Å²) in [5, 5.41) is 6.01. The predicted octanol–water partition coefficient (Wildman–Crippen LogP) is 2.86. The molecule has 0 aliphatic carbocycles. The molecule has 1 aliphatic rings. The largest absolute Gasteiger partial charge is 0.493 e. The van der Waals surface area contributed by atoms with Crippen molar-refractivity contribution in [2.45, 2.75) is 18.9 Å². The van der Waals surface area contributed by atoms with Crippen molar-refractivity contribution < 1.29 is 9.53 Å². The molecule has 1 unspecified atom stereocenters.